The van der Waals surface area contributed by atoms with Gasteiger partial charge in [-0.3, -0.25) is 0 Å². The van der Waals surface area contributed by atoms with Gasteiger partial charge >= 0.3 is 0 Å². The molecule has 3 nitrogen and oxygen atoms in total. The Morgan fingerprint density at radius 2 is 1.79 bits per heavy atom. The summed E-state index contributed by atoms with van der Waals surface area (Å²) >= 11 is 0. The Morgan fingerprint density at radius 3 is 2.63 bits per heavy atom. The molecule has 1 aliphatic heterocycles. The van der Waals surface area contributed by atoms with Gasteiger partial charge in [0.05, 0.1) is 6.10 Å². The van der Waals surface area contributed by atoms with E-state index in [9.17, 15) is 5.11 Å². The van der Waals surface area contributed by atoms with Gasteiger partial charge in [0.25, 0.3) is 0 Å². The predicted octanol–water partition coefficient (Wildman–Crippen LogP) is 2.21. The molecular formula is C16H26N2O. The number of hydrogen-bond donors (Lipinski definition) is 1. The molecule has 0 bridgehead atoms. The Labute approximate surface area is 116 Å². The summed E-state index contributed by atoms with van der Waals surface area (Å²) < 4.78 is 2.29. The van der Waals surface area contributed by atoms with E-state index < -0.39 is 0 Å². The Bertz CT molecular complexity index is 407. The molecule has 1 aromatic rings. The number of β-amino-alcohol motifs (C(OH)–C–C–N with tert-alkyl or cyclic N) is 1. The smallest absolute Gasteiger partial charge is 0.0845 e. The van der Waals surface area contributed by atoms with Crippen LogP contribution < -0.4 is 0 Å². The Kier molecular flexibility index (Phi) is 4.24. The first kappa shape index (κ1) is 13.2. The molecule has 0 aromatic carbocycles. The maximum atomic E-state index is 10.3. The molecule has 2 heterocycles. The molecule has 19 heavy (non-hydrogen) atoms. The monoisotopic (exact) mass is 262 g/mol. The van der Waals surface area contributed by atoms with Crippen LogP contribution in [0.2, 0.25) is 0 Å². The normalized spacial score (nSPS) is 22.2. The fraction of sp³-hybridized carbons (Fsp3) is 0.750. The highest BCUT2D eigenvalue weighted by molar-refractivity contribution is 5.24. The summed E-state index contributed by atoms with van der Waals surface area (Å²) in [5.41, 5.74) is 2.99. The molecule has 0 radical (unpaired) electrons. The van der Waals surface area contributed by atoms with Gasteiger partial charge in [-0.15, -0.1) is 0 Å². The Balaban J connectivity index is 1.56. The van der Waals surface area contributed by atoms with E-state index in [1.54, 1.807) is 0 Å². The third-order valence-electron chi connectivity index (χ3n) is 4.61. The number of fused-ring (bicyclic) bond motifs is 1. The van der Waals surface area contributed by atoms with Crippen LogP contribution in [-0.2, 0) is 19.4 Å². The minimum absolute atomic E-state index is 0.225. The lowest BCUT2D eigenvalue weighted by molar-refractivity contribution is 0.0877. The second-order valence-corrected chi connectivity index (χ2v) is 6.16. The molecular weight excluding hydrogens is 236 g/mol. The highest BCUT2D eigenvalue weighted by Gasteiger charge is 2.18. The summed E-state index contributed by atoms with van der Waals surface area (Å²) in [6.07, 6.45) is 11.0. The second kappa shape index (κ2) is 6.10. The van der Waals surface area contributed by atoms with E-state index in [2.05, 4.69) is 21.7 Å². The molecule has 1 atom stereocenters. The predicted molar refractivity (Wildman–Crippen MR) is 77.4 cm³/mol. The van der Waals surface area contributed by atoms with Gasteiger partial charge in [-0.25, -0.2) is 0 Å². The van der Waals surface area contributed by atoms with Crippen molar-refractivity contribution < 1.29 is 5.11 Å². The van der Waals surface area contributed by atoms with Crippen molar-refractivity contribution in [2.75, 3.05) is 19.6 Å². The number of rotatable bonds is 4. The van der Waals surface area contributed by atoms with Crippen molar-refractivity contribution in [1.29, 1.82) is 0 Å². The Hall–Kier alpha value is -0.800. The first-order chi connectivity index (χ1) is 9.33. The lowest BCUT2D eigenvalue weighted by atomic mass is 9.98. The third kappa shape index (κ3) is 3.21. The van der Waals surface area contributed by atoms with Crippen LogP contribution in [0.25, 0.3) is 0 Å². The van der Waals surface area contributed by atoms with Crippen molar-refractivity contribution in [2.45, 2.75) is 57.6 Å². The van der Waals surface area contributed by atoms with Crippen LogP contribution >= 0.6 is 0 Å². The van der Waals surface area contributed by atoms with Crippen molar-refractivity contribution in [3.05, 3.63) is 23.5 Å². The van der Waals surface area contributed by atoms with Crippen LogP contribution in [0.3, 0.4) is 0 Å². The van der Waals surface area contributed by atoms with Crippen LogP contribution in [0.4, 0.5) is 0 Å². The van der Waals surface area contributed by atoms with Gasteiger partial charge in [0, 0.05) is 25.0 Å². The van der Waals surface area contributed by atoms with Gasteiger partial charge in [-0.2, -0.15) is 0 Å². The molecule has 1 unspecified atom stereocenters. The Morgan fingerprint density at radius 1 is 1.00 bits per heavy atom. The van der Waals surface area contributed by atoms with Gasteiger partial charge in [-0.05, 0) is 63.2 Å². The summed E-state index contributed by atoms with van der Waals surface area (Å²) in [5, 5.41) is 10.3. The molecule has 1 N–H and O–H groups in total. The van der Waals surface area contributed by atoms with Crippen molar-refractivity contribution >= 4 is 0 Å². The number of aromatic nitrogens is 1. The molecule has 1 aliphatic carbocycles. The molecule has 1 aromatic heterocycles. The van der Waals surface area contributed by atoms with Crippen LogP contribution in [-0.4, -0.2) is 40.3 Å². The SMILES string of the molecule is OC(CN1CCCCC1)Cn1ccc2c1CCCC2. The summed E-state index contributed by atoms with van der Waals surface area (Å²) in [6.45, 7) is 3.94. The zero-order valence-electron chi connectivity index (χ0n) is 11.9. The number of aliphatic hydroxyl groups is 1. The number of hydrogen-bond acceptors (Lipinski definition) is 2. The zero-order chi connectivity index (χ0) is 13.1. The number of likely N-dealkylation sites (tertiary alicyclic amines) is 1. The number of piperidine rings is 1. The van der Waals surface area contributed by atoms with Crippen molar-refractivity contribution in [3.63, 3.8) is 0 Å². The lowest BCUT2D eigenvalue weighted by Gasteiger charge is -2.29. The fourth-order valence-electron chi connectivity index (χ4n) is 3.59. The average Bonchev–Trinajstić information content (AvgIpc) is 2.83. The third-order valence-corrected chi connectivity index (χ3v) is 4.61. The summed E-state index contributed by atoms with van der Waals surface area (Å²) in [6, 6.07) is 2.25. The van der Waals surface area contributed by atoms with Crippen molar-refractivity contribution in [2.24, 2.45) is 0 Å². The van der Waals surface area contributed by atoms with E-state index in [1.165, 1.54) is 69.3 Å². The topological polar surface area (TPSA) is 28.4 Å². The number of nitrogens with zero attached hydrogens (tertiary/aromatic N) is 2. The van der Waals surface area contributed by atoms with Gasteiger partial charge in [0.1, 0.15) is 0 Å². The summed E-state index contributed by atoms with van der Waals surface area (Å²) in [4.78, 5) is 2.42. The second-order valence-electron chi connectivity index (χ2n) is 6.16. The average molecular weight is 262 g/mol. The maximum absolute atomic E-state index is 10.3. The van der Waals surface area contributed by atoms with E-state index >= 15 is 0 Å². The van der Waals surface area contributed by atoms with Crippen molar-refractivity contribution in [3.8, 4) is 0 Å². The molecule has 0 spiro atoms. The number of aliphatic hydroxyl groups excluding tert-OH is 1. The molecule has 1 saturated heterocycles. The van der Waals surface area contributed by atoms with Crippen molar-refractivity contribution in [1.82, 2.24) is 9.47 Å². The van der Waals surface area contributed by atoms with E-state index in [0.29, 0.717) is 0 Å². The van der Waals surface area contributed by atoms with Gasteiger partial charge in [0.2, 0.25) is 0 Å². The van der Waals surface area contributed by atoms with E-state index in [4.69, 9.17) is 0 Å². The largest absolute Gasteiger partial charge is 0.390 e. The fourth-order valence-corrected chi connectivity index (χ4v) is 3.59. The van der Waals surface area contributed by atoms with E-state index in [-0.39, 0.29) is 6.10 Å². The minimum Gasteiger partial charge on any atom is -0.390 e. The van der Waals surface area contributed by atoms with Gasteiger partial charge in [-0.1, -0.05) is 6.42 Å². The number of aryl methyl sites for hydroxylation is 1. The zero-order valence-corrected chi connectivity index (χ0v) is 11.9. The summed E-state index contributed by atoms with van der Waals surface area (Å²) in [5.74, 6) is 0. The molecule has 1 fully saturated rings. The van der Waals surface area contributed by atoms with Crippen LogP contribution in [0, 0.1) is 0 Å². The van der Waals surface area contributed by atoms with E-state index in [1.807, 2.05) is 0 Å². The molecule has 3 heteroatoms. The summed E-state index contributed by atoms with van der Waals surface area (Å²) in [7, 11) is 0. The molecule has 3 rings (SSSR count). The van der Waals surface area contributed by atoms with Crippen LogP contribution in [0.15, 0.2) is 12.3 Å². The molecule has 106 valence electrons. The molecule has 0 amide bonds. The quantitative estimate of drug-likeness (QED) is 0.901. The molecule has 2 aliphatic rings. The maximum Gasteiger partial charge on any atom is 0.0845 e. The lowest BCUT2D eigenvalue weighted by Crippen LogP contribution is -2.38. The van der Waals surface area contributed by atoms with E-state index in [0.717, 1.165) is 13.1 Å². The first-order valence-corrected chi connectivity index (χ1v) is 7.90. The molecule has 0 saturated carbocycles. The van der Waals surface area contributed by atoms with Crippen LogP contribution in [0.1, 0.15) is 43.4 Å². The van der Waals surface area contributed by atoms with Gasteiger partial charge in [0.15, 0.2) is 0 Å². The first-order valence-electron chi connectivity index (χ1n) is 7.90. The van der Waals surface area contributed by atoms with Crippen LogP contribution in [0.5, 0.6) is 0 Å². The highest BCUT2D eigenvalue weighted by Crippen LogP contribution is 2.22. The van der Waals surface area contributed by atoms with Gasteiger partial charge < -0.3 is 14.6 Å². The standard InChI is InChI=1S/C16H26N2O/c19-15(12-17-9-4-1-5-10-17)13-18-11-8-14-6-2-3-7-16(14)18/h8,11,15,19H,1-7,9-10,12-13H2. The highest BCUT2D eigenvalue weighted by atomic mass is 16.3. The minimum atomic E-state index is -0.225.